The van der Waals surface area contributed by atoms with Gasteiger partial charge in [0, 0.05) is 18.1 Å². The van der Waals surface area contributed by atoms with Crippen LogP contribution < -0.4 is 11.1 Å². The van der Waals surface area contributed by atoms with E-state index in [1.807, 2.05) is 18.2 Å². The van der Waals surface area contributed by atoms with Crippen LogP contribution in [0.5, 0.6) is 0 Å². The highest BCUT2D eigenvalue weighted by Gasteiger charge is 2.22. The van der Waals surface area contributed by atoms with Crippen LogP contribution in [0.4, 0.5) is 11.5 Å². The molecule has 3 aromatic rings. The molecule has 5 nitrogen and oxygen atoms in total. The Morgan fingerprint density at radius 3 is 2.95 bits per heavy atom. The van der Waals surface area contributed by atoms with Gasteiger partial charge in [0.2, 0.25) is 0 Å². The number of benzene rings is 1. The van der Waals surface area contributed by atoms with Crippen molar-refractivity contribution in [2.45, 2.75) is 18.9 Å². The van der Waals surface area contributed by atoms with E-state index >= 15 is 0 Å². The standard InChI is InChI=1S/C16H15N5/c17-11-2-3-12-10(9-11)1-4-13(12)20-15-6-5-14-16(21-15)19-8-7-18-14/h2-3,5-9,13H,1,4,17H2,(H,19,20,21). The summed E-state index contributed by atoms with van der Waals surface area (Å²) in [4.78, 5) is 13.0. The highest BCUT2D eigenvalue weighted by atomic mass is 15.0. The molecule has 21 heavy (non-hydrogen) atoms. The van der Waals surface area contributed by atoms with Crippen LogP contribution in [0, 0.1) is 0 Å². The van der Waals surface area contributed by atoms with Gasteiger partial charge in [-0.2, -0.15) is 0 Å². The topological polar surface area (TPSA) is 76.7 Å². The van der Waals surface area contributed by atoms with Gasteiger partial charge in [0.25, 0.3) is 0 Å². The van der Waals surface area contributed by atoms with Crippen LogP contribution in [0.1, 0.15) is 23.6 Å². The van der Waals surface area contributed by atoms with Gasteiger partial charge >= 0.3 is 0 Å². The first kappa shape index (κ1) is 12.1. The van der Waals surface area contributed by atoms with E-state index in [9.17, 15) is 0 Å². The van der Waals surface area contributed by atoms with E-state index in [4.69, 9.17) is 5.73 Å². The minimum atomic E-state index is 0.280. The van der Waals surface area contributed by atoms with Crippen LogP contribution in [0.2, 0.25) is 0 Å². The highest BCUT2D eigenvalue weighted by Crippen LogP contribution is 2.34. The van der Waals surface area contributed by atoms with E-state index in [1.165, 1.54) is 11.1 Å². The number of rotatable bonds is 2. The molecule has 0 amide bonds. The number of hydrogen-bond donors (Lipinski definition) is 2. The van der Waals surface area contributed by atoms with Crippen LogP contribution in [0.3, 0.4) is 0 Å². The fourth-order valence-corrected chi connectivity index (χ4v) is 2.90. The van der Waals surface area contributed by atoms with E-state index in [0.717, 1.165) is 29.9 Å². The molecular weight excluding hydrogens is 262 g/mol. The molecule has 0 spiro atoms. The number of anilines is 2. The van der Waals surface area contributed by atoms with Crippen LogP contribution in [0.15, 0.2) is 42.7 Å². The SMILES string of the molecule is Nc1ccc2c(c1)CCC2Nc1ccc2nccnc2n1. The van der Waals surface area contributed by atoms with Gasteiger partial charge in [-0.25, -0.2) is 9.97 Å². The van der Waals surface area contributed by atoms with Crippen molar-refractivity contribution in [3.8, 4) is 0 Å². The summed E-state index contributed by atoms with van der Waals surface area (Å²) >= 11 is 0. The Bertz CT molecular complexity index is 815. The van der Waals surface area contributed by atoms with E-state index in [0.29, 0.717) is 5.65 Å². The lowest BCUT2D eigenvalue weighted by Crippen LogP contribution is -2.08. The average Bonchev–Trinajstić information content (AvgIpc) is 2.89. The van der Waals surface area contributed by atoms with Gasteiger partial charge in [-0.1, -0.05) is 6.07 Å². The van der Waals surface area contributed by atoms with Crippen molar-refractivity contribution in [2.75, 3.05) is 11.1 Å². The van der Waals surface area contributed by atoms with E-state index < -0.39 is 0 Å². The lowest BCUT2D eigenvalue weighted by molar-refractivity contribution is 0.758. The van der Waals surface area contributed by atoms with Crippen molar-refractivity contribution < 1.29 is 0 Å². The number of aromatic nitrogens is 3. The Hall–Kier alpha value is -2.69. The Balaban J connectivity index is 1.64. The molecule has 1 atom stereocenters. The minimum absolute atomic E-state index is 0.280. The number of aryl methyl sites for hydroxylation is 1. The molecule has 0 saturated heterocycles. The molecule has 2 aromatic heterocycles. The van der Waals surface area contributed by atoms with E-state index in [-0.39, 0.29) is 6.04 Å². The second kappa shape index (κ2) is 4.70. The summed E-state index contributed by atoms with van der Waals surface area (Å²) in [6, 6.07) is 10.3. The molecule has 1 aliphatic carbocycles. The molecule has 1 unspecified atom stereocenters. The number of pyridine rings is 1. The van der Waals surface area contributed by atoms with Gasteiger partial charge in [-0.3, -0.25) is 4.98 Å². The van der Waals surface area contributed by atoms with Crippen molar-refractivity contribution in [2.24, 2.45) is 0 Å². The first-order valence-electron chi connectivity index (χ1n) is 7.02. The molecule has 104 valence electrons. The molecule has 0 aliphatic heterocycles. The molecule has 5 heteroatoms. The molecule has 0 bridgehead atoms. The van der Waals surface area contributed by atoms with Gasteiger partial charge in [-0.05, 0) is 48.2 Å². The van der Waals surface area contributed by atoms with Gasteiger partial charge in [0.15, 0.2) is 5.65 Å². The zero-order valence-electron chi connectivity index (χ0n) is 11.5. The van der Waals surface area contributed by atoms with Crippen molar-refractivity contribution in [1.82, 2.24) is 15.0 Å². The van der Waals surface area contributed by atoms with Crippen molar-refractivity contribution in [1.29, 1.82) is 0 Å². The lowest BCUT2D eigenvalue weighted by atomic mass is 10.1. The summed E-state index contributed by atoms with van der Waals surface area (Å²) in [7, 11) is 0. The number of nitrogens with two attached hydrogens (primary N) is 1. The normalized spacial score (nSPS) is 16.9. The molecule has 2 heterocycles. The zero-order valence-corrected chi connectivity index (χ0v) is 11.5. The Labute approximate surface area is 122 Å². The Morgan fingerprint density at radius 2 is 2.00 bits per heavy atom. The van der Waals surface area contributed by atoms with Crippen LogP contribution >= 0.6 is 0 Å². The first-order chi connectivity index (χ1) is 10.3. The average molecular weight is 277 g/mol. The van der Waals surface area contributed by atoms with Gasteiger partial charge in [0.05, 0.1) is 6.04 Å². The predicted octanol–water partition coefficient (Wildman–Crippen LogP) is 2.71. The third-order valence-electron chi connectivity index (χ3n) is 3.90. The first-order valence-corrected chi connectivity index (χ1v) is 7.02. The Morgan fingerprint density at radius 1 is 1.10 bits per heavy atom. The Kier molecular flexibility index (Phi) is 2.70. The molecular formula is C16H15N5. The molecule has 1 aromatic carbocycles. The van der Waals surface area contributed by atoms with Gasteiger partial charge in [-0.15, -0.1) is 0 Å². The fraction of sp³-hybridized carbons (Fsp3) is 0.188. The zero-order chi connectivity index (χ0) is 14.2. The summed E-state index contributed by atoms with van der Waals surface area (Å²) in [5, 5.41) is 3.49. The summed E-state index contributed by atoms with van der Waals surface area (Å²) in [5.74, 6) is 0.831. The van der Waals surface area contributed by atoms with Crippen molar-refractivity contribution in [3.05, 3.63) is 53.9 Å². The second-order valence-corrected chi connectivity index (χ2v) is 5.29. The third-order valence-corrected chi connectivity index (χ3v) is 3.90. The molecule has 0 fully saturated rings. The van der Waals surface area contributed by atoms with Crippen LogP contribution in [-0.2, 0) is 6.42 Å². The molecule has 3 N–H and O–H groups in total. The number of fused-ring (bicyclic) bond motifs is 2. The number of nitrogen functional groups attached to an aromatic ring is 1. The monoisotopic (exact) mass is 277 g/mol. The molecule has 4 rings (SSSR count). The maximum atomic E-state index is 5.84. The molecule has 0 radical (unpaired) electrons. The van der Waals surface area contributed by atoms with Crippen LogP contribution in [-0.4, -0.2) is 15.0 Å². The predicted molar refractivity (Wildman–Crippen MR) is 82.9 cm³/mol. The van der Waals surface area contributed by atoms with Crippen molar-refractivity contribution >= 4 is 22.7 Å². The fourth-order valence-electron chi connectivity index (χ4n) is 2.90. The summed E-state index contributed by atoms with van der Waals surface area (Å²) < 4.78 is 0. The maximum absolute atomic E-state index is 5.84. The summed E-state index contributed by atoms with van der Waals surface area (Å²) in [6.07, 6.45) is 5.44. The molecule has 1 aliphatic rings. The van der Waals surface area contributed by atoms with E-state index in [1.54, 1.807) is 12.4 Å². The maximum Gasteiger partial charge on any atom is 0.180 e. The lowest BCUT2D eigenvalue weighted by Gasteiger charge is -2.15. The van der Waals surface area contributed by atoms with Crippen LogP contribution in [0.25, 0.3) is 11.2 Å². The largest absolute Gasteiger partial charge is 0.399 e. The number of nitrogens with zero attached hydrogens (tertiary/aromatic N) is 3. The minimum Gasteiger partial charge on any atom is -0.399 e. The third kappa shape index (κ3) is 2.16. The van der Waals surface area contributed by atoms with Gasteiger partial charge < -0.3 is 11.1 Å². The summed E-state index contributed by atoms with van der Waals surface area (Å²) in [5.41, 5.74) is 10.8. The van der Waals surface area contributed by atoms with Crippen molar-refractivity contribution in [3.63, 3.8) is 0 Å². The quantitative estimate of drug-likeness (QED) is 0.704. The molecule has 0 saturated carbocycles. The van der Waals surface area contributed by atoms with Gasteiger partial charge in [0.1, 0.15) is 11.3 Å². The smallest absolute Gasteiger partial charge is 0.180 e. The highest BCUT2D eigenvalue weighted by molar-refractivity contribution is 5.71. The number of nitrogens with one attached hydrogen (secondary N) is 1. The van der Waals surface area contributed by atoms with E-state index in [2.05, 4.69) is 32.4 Å². The second-order valence-electron chi connectivity index (χ2n) is 5.29. The number of hydrogen-bond acceptors (Lipinski definition) is 5. The summed E-state index contributed by atoms with van der Waals surface area (Å²) in [6.45, 7) is 0.